The highest BCUT2D eigenvalue weighted by Crippen LogP contribution is 2.56. The van der Waals surface area contributed by atoms with E-state index in [9.17, 15) is 9.90 Å². The van der Waals surface area contributed by atoms with Gasteiger partial charge in [-0.25, -0.2) is 4.79 Å². The van der Waals surface area contributed by atoms with Gasteiger partial charge in [0, 0.05) is 12.8 Å². The lowest BCUT2D eigenvalue weighted by Crippen LogP contribution is -2.32. The largest absolute Gasteiger partial charge is 0.512 e. The highest BCUT2D eigenvalue weighted by Gasteiger charge is 2.58. The molecule has 2 aromatic carbocycles. The molecule has 5 heteroatoms. The zero-order valence-electron chi connectivity index (χ0n) is 18.2. The molecule has 2 saturated carbocycles. The Labute approximate surface area is 189 Å². The summed E-state index contributed by atoms with van der Waals surface area (Å²) in [7, 11) is 0. The highest BCUT2D eigenvalue weighted by atomic mass is 16.7. The van der Waals surface area contributed by atoms with E-state index in [2.05, 4.69) is 12.1 Å². The maximum atomic E-state index is 12.8. The highest BCUT2D eigenvalue weighted by molar-refractivity contribution is 5.89. The maximum Gasteiger partial charge on any atom is 0.338 e. The molecule has 3 fully saturated rings. The number of aliphatic hydroxyl groups excluding tert-OH is 1. The van der Waals surface area contributed by atoms with Crippen LogP contribution in [0.1, 0.15) is 41.6 Å². The van der Waals surface area contributed by atoms with E-state index in [1.165, 1.54) is 5.56 Å². The van der Waals surface area contributed by atoms with Crippen molar-refractivity contribution in [2.24, 2.45) is 17.8 Å². The summed E-state index contributed by atoms with van der Waals surface area (Å²) < 4.78 is 17.9. The van der Waals surface area contributed by atoms with Crippen LogP contribution >= 0.6 is 0 Å². The molecule has 4 atom stereocenters. The number of carbonyl (C=O) groups excluding carboxylic acids is 1. The SMILES string of the molecule is O=C(O[C@@H]1C[C@@H]2CC3(C[C@@H]2[C@H]1/C(O)=C\CCc1ccccc1)OCCO3)c1ccccc1. The van der Waals surface area contributed by atoms with Gasteiger partial charge in [0.25, 0.3) is 0 Å². The van der Waals surface area contributed by atoms with Crippen LogP contribution in [-0.2, 0) is 20.6 Å². The van der Waals surface area contributed by atoms with Gasteiger partial charge in [0.15, 0.2) is 5.79 Å². The van der Waals surface area contributed by atoms with Gasteiger partial charge in [-0.3, -0.25) is 0 Å². The molecule has 0 unspecified atom stereocenters. The molecule has 1 saturated heterocycles. The average Bonchev–Trinajstić information content (AvgIpc) is 3.50. The Morgan fingerprint density at radius 1 is 1.03 bits per heavy atom. The van der Waals surface area contributed by atoms with Gasteiger partial charge < -0.3 is 19.3 Å². The fourth-order valence-electron chi connectivity index (χ4n) is 5.77. The molecule has 0 amide bonds. The summed E-state index contributed by atoms with van der Waals surface area (Å²) in [6, 6.07) is 19.3. The van der Waals surface area contributed by atoms with Gasteiger partial charge in [0.2, 0.25) is 0 Å². The minimum Gasteiger partial charge on any atom is -0.512 e. The Balaban J connectivity index is 1.33. The van der Waals surface area contributed by atoms with Crippen LogP contribution in [0.2, 0.25) is 0 Å². The average molecular weight is 435 g/mol. The van der Waals surface area contributed by atoms with Gasteiger partial charge in [-0.15, -0.1) is 0 Å². The number of esters is 1. The van der Waals surface area contributed by atoms with E-state index in [0.717, 1.165) is 32.1 Å². The number of allylic oxidation sites excluding steroid dienone is 1. The van der Waals surface area contributed by atoms with Gasteiger partial charge >= 0.3 is 5.97 Å². The molecule has 0 aromatic heterocycles. The predicted molar refractivity (Wildman–Crippen MR) is 120 cm³/mol. The molecule has 0 radical (unpaired) electrons. The number of aryl methyl sites for hydroxylation is 1. The predicted octanol–water partition coefficient (Wildman–Crippen LogP) is 5.08. The van der Waals surface area contributed by atoms with Crippen molar-refractivity contribution in [1.82, 2.24) is 0 Å². The molecule has 2 aliphatic carbocycles. The van der Waals surface area contributed by atoms with Crippen LogP contribution in [0.3, 0.4) is 0 Å². The molecule has 1 heterocycles. The van der Waals surface area contributed by atoms with Gasteiger partial charge in [0.1, 0.15) is 6.10 Å². The Bertz CT molecular complexity index is 949. The van der Waals surface area contributed by atoms with Crippen LogP contribution < -0.4 is 0 Å². The van der Waals surface area contributed by atoms with Crippen LogP contribution in [0.4, 0.5) is 0 Å². The van der Waals surface area contributed by atoms with Crippen LogP contribution in [0.5, 0.6) is 0 Å². The Morgan fingerprint density at radius 3 is 2.44 bits per heavy atom. The molecule has 1 spiro atoms. The van der Waals surface area contributed by atoms with Gasteiger partial charge in [-0.1, -0.05) is 48.5 Å². The molecule has 3 aliphatic rings. The zero-order chi connectivity index (χ0) is 22.0. The Morgan fingerprint density at radius 2 is 1.72 bits per heavy atom. The molecule has 32 heavy (non-hydrogen) atoms. The second-order valence-corrected chi connectivity index (χ2v) is 9.16. The second-order valence-electron chi connectivity index (χ2n) is 9.16. The standard InChI is InChI=1S/C27H30O5/c28-23(13-7-10-19-8-3-1-4-9-19)25-22-18-27(30-14-15-31-27)17-21(22)16-24(25)32-26(29)20-11-5-2-6-12-20/h1-6,8-9,11-13,21-22,24-25,28H,7,10,14-18H2/b23-13+/t21-,22+,24-,25+/m1/s1. The van der Waals surface area contributed by atoms with Crippen molar-refractivity contribution in [3.05, 3.63) is 83.6 Å². The number of ether oxygens (including phenoxy) is 3. The van der Waals surface area contributed by atoms with E-state index < -0.39 is 5.79 Å². The van der Waals surface area contributed by atoms with E-state index in [1.54, 1.807) is 12.1 Å². The first-order chi connectivity index (χ1) is 15.6. The number of benzene rings is 2. The van der Waals surface area contributed by atoms with E-state index in [4.69, 9.17) is 14.2 Å². The van der Waals surface area contributed by atoms with Crippen molar-refractivity contribution >= 4 is 5.97 Å². The minimum absolute atomic E-state index is 0.176. The van der Waals surface area contributed by atoms with Crippen LogP contribution in [0.25, 0.3) is 0 Å². The molecule has 0 bridgehead atoms. The van der Waals surface area contributed by atoms with Crippen molar-refractivity contribution in [2.45, 2.75) is 44.0 Å². The van der Waals surface area contributed by atoms with Crippen LogP contribution in [0.15, 0.2) is 72.5 Å². The summed E-state index contributed by atoms with van der Waals surface area (Å²) in [6.07, 6.45) is 5.41. The summed E-state index contributed by atoms with van der Waals surface area (Å²) in [4.78, 5) is 12.8. The van der Waals surface area contributed by atoms with Crippen LogP contribution in [-0.4, -0.2) is 36.2 Å². The van der Waals surface area contributed by atoms with Crippen molar-refractivity contribution in [3.63, 3.8) is 0 Å². The van der Waals surface area contributed by atoms with Gasteiger partial charge in [0.05, 0.1) is 30.5 Å². The second kappa shape index (κ2) is 9.08. The lowest BCUT2D eigenvalue weighted by molar-refractivity contribution is -0.158. The molecule has 5 nitrogen and oxygen atoms in total. The van der Waals surface area contributed by atoms with Gasteiger partial charge in [-0.05, 0) is 54.9 Å². The fraction of sp³-hybridized carbons (Fsp3) is 0.444. The number of hydrogen-bond acceptors (Lipinski definition) is 5. The third-order valence-corrected chi connectivity index (χ3v) is 7.17. The number of hydrogen-bond donors (Lipinski definition) is 1. The van der Waals surface area contributed by atoms with Crippen molar-refractivity contribution in [3.8, 4) is 0 Å². The lowest BCUT2D eigenvalue weighted by Gasteiger charge is -2.28. The molecule has 1 aliphatic heterocycles. The molecule has 5 rings (SSSR count). The molecular formula is C27H30O5. The first-order valence-corrected chi connectivity index (χ1v) is 11.6. The summed E-state index contributed by atoms with van der Waals surface area (Å²) >= 11 is 0. The summed E-state index contributed by atoms with van der Waals surface area (Å²) in [5.41, 5.74) is 1.77. The first-order valence-electron chi connectivity index (χ1n) is 11.6. The molecule has 168 valence electrons. The number of fused-ring (bicyclic) bond motifs is 1. The maximum absolute atomic E-state index is 12.8. The quantitative estimate of drug-likeness (QED) is 0.508. The normalized spacial score (nSPS) is 28.7. The number of aliphatic hydroxyl groups is 1. The minimum atomic E-state index is -0.522. The molecular weight excluding hydrogens is 404 g/mol. The number of rotatable bonds is 6. The van der Waals surface area contributed by atoms with Crippen LogP contribution in [0, 0.1) is 17.8 Å². The van der Waals surface area contributed by atoms with Gasteiger partial charge in [-0.2, -0.15) is 0 Å². The Hall–Kier alpha value is -2.63. The smallest absolute Gasteiger partial charge is 0.338 e. The van der Waals surface area contributed by atoms with Crippen molar-refractivity contribution < 1.29 is 24.1 Å². The fourth-order valence-corrected chi connectivity index (χ4v) is 5.77. The molecule has 2 aromatic rings. The third kappa shape index (κ3) is 4.32. The summed E-state index contributed by atoms with van der Waals surface area (Å²) in [6.45, 7) is 1.24. The Kier molecular flexibility index (Phi) is 6.03. The van der Waals surface area contributed by atoms with E-state index in [0.29, 0.717) is 30.5 Å². The first kappa shape index (κ1) is 21.2. The van der Waals surface area contributed by atoms with Crippen molar-refractivity contribution in [1.29, 1.82) is 0 Å². The molecule has 1 N–H and O–H groups in total. The monoisotopic (exact) mass is 434 g/mol. The summed E-state index contributed by atoms with van der Waals surface area (Å²) in [5.74, 6) is -0.275. The lowest BCUT2D eigenvalue weighted by atomic mass is 9.88. The zero-order valence-corrected chi connectivity index (χ0v) is 18.2. The third-order valence-electron chi connectivity index (χ3n) is 7.17. The topological polar surface area (TPSA) is 65.0 Å². The summed E-state index contributed by atoms with van der Waals surface area (Å²) in [5, 5.41) is 11.1. The van der Waals surface area contributed by atoms with E-state index >= 15 is 0 Å². The van der Waals surface area contributed by atoms with E-state index in [-0.39, 0.29) is 23.9 Å². The van der Waals surface area contributed by atoms with Crippen molar-refractivity contribution in [2.75, 3.05) is 13.2 Å². The van der Waals surface area contributed by atoms with E-state index in [1.807, 2.05) is 42.5 Å². The number of carbonyl (C=O) groups is 1.